The molecule has 2 nitrogen and oxygen atoms in total. The number of rotatable bonds is 1. The van der Waals surface area contributed by atoms with Crippen LogP contribution < -0.4 is 0 Å². The van der Waals surface area contributed by atoms with Gasteiger partial charge in [0.1, 0.15) is 0 Å². The Morgan fingerprint density at radius 3 is 2.64 bits per heavy atom. The second-order valence-corrected chi connectivity index (χ2v) is 2.74. The molecule has 1 heterocycles. The van der Waals surface area contributed by atoms with Crippen molar-refractivity contribution in [3.63, 3.8) is 0 Å². The van der Waals surface area contributed by atoms with Crippen LogP contribution in [0.15, 0.2) is 18.3 Å². The number of aromatic nitrogens is 1. The quantitative estimate of drug-likeness (QED) is 0.637. The fourth-order valence-corrected chi connectivity index (χ4v) is 1.06. The van der Waals surface area contributed by atoms with Crippen LogP contribution in [0.5, 0.6) is 0 Å². The van der Waals surface area contributed by atoms with E-state index in [0.717, 1.165) is 6.20 Å². The van der Waals surface area contributed by atoms with Crippen molar-refractivity contribution < 1.29 is 13.2 Å². The van der Waals surface area contributed by atoms with Crippen LogP contribution in [0.2, 0.25) is 0 Å². The summed E-state index contributed by atoms with van der Waals surface area (Å²) >= 11 is 0. The van der Waals surface area contributed by atoms with Crippen LogP contribution in [0.1, 0.15) is 24.2 Å². The molecule has 0 spiro atoms. The highest BCUT2D eigenvalue weighted by Gasteiger charge is 2.37. The third kappa shape index (κ3) is 2.02. The van der Waals surface area contributed by atoms with Crippen molar-refractivity contribution in [2.75, 3.05) is 0 Å². The van der Waals surface area contributed by atoms with Gasteiger partial charge >= 0.3 is 6.18 Å². The average molecular weight is 200 g/mol. The van der Waals surface area contributed by atoms with Gasteiger partial charge in [0.2, 0.25) is 6.04 Å². The topological polar surface area (TPSA) is 17.2 Å². The van der Waals surface area contributed by atoms with Crippen LogP contribution in [-0.2, 0) is 6.18 Å². The van der Waals surface area contributed by atoms with Gasteiger partial charge < -0.3 is 4.85 Å². The Morgan fingerprint density at radius 2 is 2.14 bits per heavy atom. The van der Waals surface area contributed by atoms with Crippen LogP contribution in [0.4, 0.5) is 13.2 Å². The molecule has 0 aliphatic rings. The summed E-state index contributed by atoms with van der Waals surface area (Å²) in [6.45, 7) is 8.09. The smallest absolute Gasteiger partial charge is 0.309 e. The van der Waals surface area contributed by atoms with Crippen LogP contribution in [0, 0.1) is 6.57 Å². The molecule has 0 aliphatic carbocycles. The molecule has 1 atom stereocenters. The minimum Gasteiger partial charge on any atom is -0.309 e. The molecule has 1 aromatic heterocycles. The highest BCUT2D eigenvalue weighted by molar-refractivity contribution is 5.27. The van der Waals surface area contributed by atoms with Gasteiger partial charge in [0.15, 0.2) is 5.69 Å². The summed E-state index contributed by atoms with van der Waals surface area (Å²) in [6, 6.07) is 1.85. The molecule has 0 amide bonds. The Hall–Kier alpha value is -1.57. The predicted molar refractivity (Wildman–Crippen MR) is 44.3 cm³/mol. The molecule has 14 heavy (non-hydrogen) atoms. The Bertz CT molecular complexity index is 365. The lowest BCUT2D eigenvalue weighted by molar-refractivity contribution is -0.141. The van der Waals surface area contributed by atoms with Crippen molar-refractivity contribution in [1.29, 1.82) is 0 Å². The molecule has 0 aromatic carbocycles. The van der Waals surface area contributed by atoms with Gasteiger partial charge in [-0.25, -0.2) is 6.57 Å². The molecule has 0 N–H and O–H groups in total. The number of pyridine rings is 1. The molecule has 74 valence electrons. The first-order valence-corrected chi connectivity index (χ1v) is 3.85. The Labute approximate surface area is 79.2 Å². The van der Waals surface area contributed by atoms with Gasteiger partial charge in [0, 0.05) is 13.1 Å². The first kappa shape index (κ1) is 10.5. The van der Waals surface area contributed by atoms with Crippen molar-refractivity contribution >= 4 is 0 Å². The van der Waals surface area contributed by atoms with Gasteiger partial charge in [-0.05, 0) is 12.1 Å². The van der Waals surface area contributed by atoms with Crippen molar-refractivity contribution in [3.8, 4) is 0 Å². The molecular weight excluding hydrogens is 193 g/mol. The maximum absolute atomic E-state index is 12.4. The van der Waals surface area contributed by atoms with Crippen LogP contribution in [0.3, 0.4) is 0 Å². The van der Waals surface area contributed by atoms with Gasteiger partial charge in [-0.3, -0.25) is 4.98 Å². The normalized spacial score (nSPS) is 13.4. The predicted octanol–water partition coefficient (Wildman–Crippen LogP) is 3.08. The molecule has 1 unspecified atom stereocenters. The van der Waals surface area contributed by atoms with Crippen LogP contribution in [-0.4, -0.2) is 4.98 Å². The number of alkyl halides is 3. The van der Waals surface area contributed by atoms with E-state index in [-0.39, 0.29) is 5.56 Å². The van der Waals surface area contributed by atoms with Gasteiger partial charge in [-0.2, -0.15) is 13.2 Å². The molecule has 0 radical (unpaired) electrons. The van der Waals surface area contributed by atoms with Crippen LogP contribution >= 0.6 is 0 Å². The maximum atomic E-state index is 12.4. The molecule has 0 bridgehead atoms. The third-order valence-electron chi connectivity index (χ3n) is 1.75. The molecule has 1 aromatic rings. The first-order chi connectivity index (χ1) is 6.46. The zero-order valence-electron chi connectivity index (χ0n) is 7.34. The summed E-state index contributed by atoms with van der Waals surface area (Å²) in [4.78, 5) is 6.29. The summed E-state index contributed by atoms with van der Waals surface area (Å²) in [5, 5.41) is 0. The second kappa shape index (κ2) is 3.66. The van der Waals surface area contributed by atoms with E-state index in [4.69, 9.17) is 6.57 Å². The minimum absolute atomic E-state index is 0.0741. The van der Waals surface area contributed by atoms with E-state index in [1.54, 1.807) is 0 Å². The molecule has 1 rings (SSSR count). The fraction of sp³-hybridized carbons (Fsp3) is 0.333. The number of hydrogen-bond donors (Lipinski definition) is 0. The van der Waals surface area contributed by atoms with Gasteiger partial charge in [0.25, 0.3) is 0 Å². The lowest BCUT2D eigenvalue weighted by Crippen LogP contribution is -2.12. The summed E-state index contributed by atoms with van der Waals surface area (Å²) < 4.78 is 37.1. The molecule has 0 saturated heterocycles. The Kier molecular flexibility index (Phi) is 2.75. The minimum atomic E-state index is -4.49. The Balaban J connectivity index is 3.25. The second-order valence-electron chi connectivity index (χ2n) is 2.74. The number of hydrogen-bond acceptors (Lipinski definition) is 1. The highest BCUT2D eigenvalue weighted by Crippen LogP contribution is 2.33. The van der Waals surface area contributed by atoms with Gasteiger partial charge in [0.05, 0.1) is 5.56 Å². The largest absolute Gasteiger partial charge is 0.433 e. The van der Waals surface area contributed by atoms with E-state index >= 15 is 0 Å². The van der Waals surface area contributed by atoms with E-state index in [0.29, 0.717) is 0 Å². The molecule has 0 saturated carbocycles. The fourth-order valence-electron chi connectivity index (χ4n) is 1.06. The highest BCUT2D eigenvalue weighted by atomic mass is 19.4. The van der Waals surface area contributed by atoms with E-state index in [9.17, 15) is 13.2 Å². The zero-order chi connectivity index (χ0) is 10.8. The molecule has 0 aliphatic heterocycles. The standard InChI is InChI=1S/C9H7F3N2/c1-6(13-2)7-4-3-5-14-8(7)9(10,11)12/h3-6H,1H3. The SMILES string of the molecule is [C-]#[N+]C(C)c1cccnc1C(F)(F)F. The van der Waals surface area contributed by atoms with Crippen molar-refractivity contribution in [3.05, 3.63) is 41.0 Å². The molecule has 5 heteroatoms. The molecular formula is C9H7F3N2. The summed E-state index contributed by atoms with van der Waals surface area (Å²) in [7, 11) is 0. The number of halogens is 3. The van der Waals surface area contributed by atoms with Crippen molar-refractivity contribution in [2.45, 2.75) is 19.1 Å². The summed E-state index contributed by atoms with van der Waals surface area (Å²) in [5.41, 5.74) is -1.04. The summed E-state index contributed by atoms with van der Waals surface area (Å²) in [5.74, 6) is 0. The van der Waals surface area contributed by atoms with E-state index in [1.165, 1.54) is 19.1 Å². The lowest BCUT2D eigenvalue weighted by atomic mass is 10.1. The monoisotopic (exact) mass is 200 g/mol. The average Bonchev–Trinajstić information content (AvgIpc) is 2.15. The number of nitrogens with zero attached hydrogens (tertiary/aromatic N) is 2. The Morgan fingerprint density at radius 1 is 1.50 bits per heavy atom. The van der Waals surface area contributed by atoms with Crippen molar-refractivity contribution in [2.24, 2.45) is 0 Å². The van der Waals surface area contributed by atoms with Crippen molar-refractivity contribution in [1.82, 2.24) is 4.98 Å². The van der Waals surface area contributed by atoms with Gasteiger partial charge in [-0.1, -0.05) is 0 Å². The van der Waals surface area contributed by atoms with Gasteiger partial charge in [-0.15, -0.1) is 0 Å². The first-order valence-electron chi connectivity index (χ1n) is 3.85. The third-order valence-corrected chi connectivity index (χ3v) is 1.75. The van der Waals surface area contributed by atoms with Crippen LogP contribution in [0.25, 0.3) is 4.85 Å². The van der Waals surface area contributed by atoms with E-state index in [1.807, 2.05) is 0 Å². The zero-order valence-corrected chi connectivity index (χ0v) is 7.34. The van der Waals surface area contributed by atoms with E-state index in [2.05, 4.69) is 9.83 Å². The molecule has 0 fully saturated rings. The lowest BCUT2D eigenvalue weighted by Gasteiger charge is -2.09. The maximum Gasteiger partial charge on any atom is 0.433 e. The summed E-state index contributed by atoms with van der Waals surface area (Å²) in [6.07, 6.45) is -3.42. The van der Waals surface area contributed by atoms with E-state index < -0.39 is 17.9 Å².